The molecule has 0 heterocycles. The highest BCUT2D eigenvalue weighted by Crippen LogP contribution is 2.20. The van der Waals surface area contributed by atoms with Crippen molar-refractivity contribution in [1.29, 1.82) is 0 Å². The molecular formula is C7H6F2N-. The van der Waals surface area contributed by atoms with Crippen molar-refractivity contribution >= 4 is 5.69 Å². The summed E-state index contributed by atoms with van der Waals surface area (Å²) in [7, 11) is 1.41. The van der Waals surface area contributed by atoms with Crippen LogP contribution in [0.5, 0.6) is 0 Å². The maximum atomic E-state index is 12.5. The first kappa shape index (κ1) is 6.99. The van der Waals surface area contributed by atoms with Gasteiger partial charge in [0.25, 0.3) is 0 Å². The molecule has 0 N–H and O–H groups in total. The van der Waals surface area contributed by atoms with Crippen LogP contribution in [0.25, 0.3) is 5.32 Å². The second-order valence-electron chi connectivity index (χ2n) is 1.82. The summed E-state index contributed by atoms with van der Waals surface area (Å²) in [4.78, 5) is 0. The lowest BCUT2D eigenvalue weighted by atomic mass is 10.3. The number of rotatable bonds is 1. The molecule has 0 aliphatic rings. The zero-order valence-electron chi connectivity index (χ0n) is 5.44. The summed E-state index contributed by atoms with van der Waals surface area (Å²) in [5.74, 6) is -0.967. The Morgan fingerprint density at radius 1 is 1.30 bits per heavy atom. The minimum absolute atomic E-state index is 0.0556. The molecule has 1 aromatic rings. The van der Waals surface area contributed by atoms with Crippen molar-refractivity contribution in [3.05, 3.63) is 35.2 Å². The normalized spacial score (nSPS) is 9.50. The molecule has 1 nitrogen and oxygen atoms in total. The zero-order chi connectivity index (χ0) is 7.56. The quantitative estimate of drug-likeness (QED) is 0.572. The van der Waals surface area contributed by atoms with Gasteiger partial charge in [-0.05, 0) is 18.2 Å². The minimum atomic E-state index is -0.496. The fraction of sp³-hybridized carbons (Fsp3) is 0.143. The highest BCUT2D eigenvalue weighted by molar-refractivity contribution is 5.48. The summed E-state index contributed by atoms with van der Waals surface area (Å²) in [5, 5.41) is 3.52. The van der Waals surface area contributed by atoms with Crippen LogP contribution in [0.1, 0.15) is 0 Å². The lowest BCUT2D eigenvalue weighted by Crippen LogP contribution is -1.78. The first-order chi connectivity index (χ1) is 4.74. The van der Waals surface area contributed by atoms with Crippen LogP contribution in [0.4, 0.5) is 14.5 Å². The van der Waals surface area contributed by atoms with Gasteiger partial charge in [-0.3, -0.25) is 0 Å². The molecule has 0 aliphatic heterocycles. The average Bonchev–Trinajstić information content (AvgIpc) is 1.94. The topological polar surface area (TPSA) is 14.1 Å². The van der Waals surface area contributed by atoms with Crippen LogP contribution in [0.2, 0.25) is 0 Å². The maximum Gasteiger partial charge on any atom is 0.122 e. The molecule has 0 bridgehead atoms. The van der Waals surface area contributed by atoms with Crippen LogP contribution in [-0.4, -0.2) is 7.05 Å². The molecule has 0 radical (unpaired) electrons. The molecule has 0 amide bonds. The van der Waals surface area contributed by atoms with E-state index in [1.165, 1.54) is 7.05 Å². The predicted molar refractivity (Wildman–Crippen MR) is 35.3 cm³/mol. The third-order valence-electron chi connectivity index (χ3n) is 1.15. The number of hydrogen-bond acceptors (Lipinski definition) is 0. The monoisotopic (exact) mass is 142 g/mol. The molecule has 0 saturated carbocycles. The van der Waals surface area contributed by atoms with Crippen molar-refractivity contribution in [3.63, 3.8) is 0 Å². The van der Waals surface area contributed by atoms with Gasteiger partial charge in [0.15, 0.2) is 0 Å². The Balaban J connectivity index is 3.09. The molecule has 0 aromatic heterocycles. The summed E-state index contributed by atoms with van der Waals surface area (Å²) >= 11 is 0. The fourth-order valence-electron chi connectivity index (χ4n) is 0.657. The van der Waals surface area contributed by atoms with E-state index >= 15 is 0 Å². The Morgan fingerprint density at radius 2 is 2.00 bits per heavy atom. The van der Waals surface area contributed by atoms with Crippen LogP contribution >= 0.6 is 0 Å². The van der Waals surface area contributed by atoms with Gasteiger partial charge in [0, 0.05) is 0 Å². The van der Waals surface area contributed by atoms with E-state index in [-0.39, 0.29) is 5.69 Å². The van der Waals surface area contributed by atoms with Crippen molar-refractivity contribution in [2.75, 3.05) is 7.05 Å². The second kappa shape index (κ2) is 2.64. The summed E-state index contributed by atoms with van der Waals surface area (Å²) in [5.41, 5.74) is 0.0556. The van der Waals surface area contributed by atoms with E-state index in [9.17, 15) is 8.78 Å². The van der Waals surface area contributed by atoms with Gasteiger partial charge < -0.3 is 5.32 Å². The van der Waals surface area contributed by atoms with Gasteiger partial charge in [-0.25, -0.2) is 8.78 Å². The SMILES string of the molecule is C[N-]c1cc(F)ccc1F. The highest BCUT2D eigenvalue weighted by Gasteiger charge is 1.92. The number of benzene rings is 1. The van der Waals surface area contributed by atoms with Crippen LogP contribution in [0.15, 0.2) is 18.2 Å². The molecule has 0 spiro atoms. The van der Waals surface area contributed by atoms with E-state index in [2.05, 4.69) is 5.32 Å². The van der Waals surface area contributed by atoms with E-state index in [0.717, 1.165) is 18.2 Å². The molecule has 0 atom stereocenters. The Bertz CT molecular complexity index is 235. The average molecular weight is 142 g/mol. The third kappa shape index (κ3) is 1.23. The number of nitrogens with zero attached hydrogens (tertiary/aromatic N) is 1. The fourth-order valence-corrected chi connectivity index (χ4v) is 0.657. The number of hydrogen-bond donors (Lipinski definition) is 0. The molecule has 10 heavy (non-hydrogen) atoms. The zero-order valence-corrected chi connectivity index (χ0v) is 5.44. The Hall–Kier alpha value is -1.12. The van der Waals surface area contributed by atoms with Crippen molar-refractivity contribution in [2.24, 2.45) is 0 Å². The largest absolute Gasteiger partial charge is 0.684 e. The van der Waals surface area contributed by atoms with Gasteiger partial charge in [-0.2, -0.15) is 0 Å². The minimum Gasteiger partial charge on any atom is -0.684 e. The van der Waals surface area contributed by atoms with Crippen molar-refractivity contribution in [1.82, 2.24) is 0 Å². The van der Waals surface area contributed by atoms with Gasteiger partial charge in [0.1, 0.15) is 11.6 Å². The van der Waals surface area contributed by atoms with Crippen LogP contribution in [0.3, 0.4) is 0 Å². The molecule has 0 unspecified atom stereocenters. The van der Waals surface area contributed by atoms with E-state index < -0.39 is 11.6 Å². The molecule has 0 saturated heterocycles. The highest BCUT2D eigenvalue weighted by atomic mass is 19.1. The summed E-state index contributed by atoms with van der Waals surface area (Å²) < 4.78 is 24.8. The van der Waals surface area contributed by atoms with Crippen LogP contribution in [-0.2, 0) is 0 Å². The van der Waals surface area contributed by atoms with Gasteiger partial charge in [-0.15, -0.1) is 12.7 Å². The van der Waals surface area contributed by atoms with E-state index in [0.29, 0.717) is 0 Å². The first-order valence-corrected chi connectivity index (χ1v) is 2.79. The maximum absolute atomic E-state index is 12.5. The first-order valence-electron chi connectivity index (χ1n) is 2.79. The second-order valence-corrected chi connectivity index (χ2v) is 1.82. The molecule has 0 fully saturated rings. The smallest absolute Gasteiger partial charge is 0.122 e. The molecular weight excluding hydrogens is 136 g/mol. The van der Waals surface area contributed by atoms with Crippen molar-refractivity contribution in [3.8, 4) is 0 Å². The van der Waals surface area contributed by atoms with Crippen molar-refractivity contribution in [2.45, 2.75) is 0 Å². The van der Waals surface area contributed by atoms with Crippen LogP contribution < -0.4 is 0 Å². The van der Waals surface area contributed by atoms with Crippen LogP contribution in [0, 0.1) is 11.6 Å². The molecule has 1 rings (SSSR count). The van der Waals surface area contributed by atoms with Gasteiger partial charge in [0.05, 0.1) is 0 Å². The summed E-state index contributed by atoms with van der Waals surface area (Å²) in [6.45, 7) is 0. The molecule has 1 aromatic carbocycles. The van der Waals surface area contributed by atoms with E-state index in [1.807, 2.05) is 0 Å². The van der Waals surface area contributed by atoms with Gasteiger partial charge in [-0.1, -0.05) is 0 Å². The lowest BCUT2D eigenvalue weighted by Gasteiger charge is -2.13. The van der Waals surface area contributed by atoms with Crippen molar-refractivity contribution < 1.29 is 8.78 Å². The summed E-state index contributed by atoms with van der Waals surface area (Å²) in [6.07, 6.45) is 0. The Kier molecular flexibility index (Phi) is 1.85. The molecule has 54 valence electrons. The third-order valence-corrected chi connectivity index (χ3v) is 1.15. The van der Waals surface area contributed by atoms with Gasteiger partial charge >= 0.3 is 0 Å². The Morgan fingerprint density at radius 3 is 2.50 bits per heavy atom. The van der Waals surface area contributed by atoms with E-state index in [1.54, 1.807) is 0 Å². The predicted octanol–water partition coefficient (Wildman–Crippen LogP) is 2.60. The molecule has 3 heteroatoms. The van der Waals surface area contributed by atoms with E-state index in [4.69, 9.17) is 0 Å². The lowest BCUT2D eigenvalue weighted by molar-refractivity contribution is 0.604. The number of halogens is 2. The van der Waals surface area contributed by atoms with Gasteiger partial charge in [0.2, 0.25) is 0 Å². The standard InChI is InChI=1S/C7H6F2N/c1-10-7-4-5(8)2-3-6(7)9/h2-4H,1H3/q-1. The Labute approximate surface area is 57.7 Å². The molecule has 0 aliphatic carbocycles. The summed E-state index contributed by atoms with van der Waals surface area (Å²) in [6, 6.07) is 3.16.